The van der Waals surface area contributed by atoms with E-state index in [4.69, 9.17) is 0 Å². The zero-order valence-electron chi connectivity index (χ0n) is 8.52. The summed E-state index contributed by atoms with van der Waals surface area (Å²) in [6.45, 7) is 11.2. The standard InChI is InChI=1S/C9H22N2/c1-6-11(8(2)3)7-9(4)10-5/h8-10H,6-7H2,1-5H3. The molecule has 0 saturated carbocycles. The maximum atomic E-state index is 3.24. The van der Waals surface area contributed by atoms with Gasteiger partial charge in [-0.05, 0) is 34.4 Å². The van der Waals surface area contributed by atoms with Gasteiger partial charge in [0.05, 0.1) is 0 Å². The minimum atomic E-state index is 0.595. The first kappa shape index (κ1) is 10.9. The Labute approximate surface area is 71.0 Å². The summed E-state index contributed by atoms with van der Waals surface area (Å²) in [6, 6.07) is 1.26. The molecule has 0 aliphatic carbocycles. The molecule has 0 spiro atoms. The van der Waals surface area contributed by atoms with Crippen LogP contribution in [0.15, 0.2) is 0 Å². The lowest BCUT2D eigenvalue weighted by Crippen LogP contribution is -2.40. The second-order valence-corrected chi connectivity index (χ2v) is 3.37. The molecule has 0 radical (unpaired) electrons. The van der Waals surface area contributed by atoms with Crippen molar-refractivity contribution in [2.45, 2.75) is 39.8 Å². The molecule has 0 aromatic heterocycles. The Bertz CT molecular complexity index is 91.6. The number of hydrogen-bond donors (Lipinski definition) is 1. The lowest BCUT2D eigenvalue weighted by molar-refractivity contribution is 0.215. The van der Waals surface area contributed by atoms with E-state index in [1.54, 1.807) is 0 Å². The summed E-state index contributed by atoms with van der Waals surface area (Å²) in [5.74, 6) is 0. The van der Waals surface area contributed by atoms with Crippen LogP contribution in [-0.2, 0) is 0 Å². The Morgan fingerprint density at radius 2 is 1.82 bits per heavy atom. The van der Waals surface area contributed by atoms with Crippen molar-refractivity contribution in [2.75, 3.05) is 20.1 Å². The highest BCUT2D eigenvalue weighted by molar-refractivity contribution is 4.67. The van der Waals surface area contributed by atoms with Crippen molar-refractivity contribution < 1.29 is 0 Å². The topological polar surface area (TPSA) is 15.3 Å². The van der Waals surface area contributed by atoms with Crippen LogP contribution >= 0.6 is 0 Å². The summed E-state index contributed by atoms with van der Waals surface area (Å²) >= 11 is 0. The molecule has 0 rings (SSSR count). The van der Waals surface area contributed by atoms with E-state index < -0.39 is 0 Å². The lowest BCUT2D eigenvalue weighted by atomic mass is 10.2. The zero-order valence-corrected chi connectivity index (χ0v) is 8.52. The van der Waals surface area contributed by atoms with Crippen molar-refractivity contribution in [2.24, 2.45) is 0 Å². The van der Waals surface area contributed by atoms with E-state index in [1.807, 2.05) is 7.05 Å². The number of likely N-dealkylation sites (N-methyl/N-ethyl adjacent to an activating group) is 2. The normalized spacial score (nSPS) is 14.5. The first-order chi connectivity index (χ1) is 5.11. The highest BCUT2D eigenvalue weighted by Crippen LogP contribution is 1.98. The van der Waals surface area contributed by atoms with Gasteiger partial charge in [0.2, 0.25) is 0 Å². The molecule has 1 unspecified atom stereocenters. The SMILES string of the molecule is CCN(CC(C)NC)C(C)C. The fourth-order valence-electron chi connectivity index (χ4n) is 1.15. The Morgan fingerprint density at radius 3 is 2.09 bits per heavy atom. The van der Waals surface area contributed by atoms with Crippen molar-refractivity contribution >= 4 is 0 Å². The molecule has 0 saturated heterocycles. The minimum Gasteiger partial charge on any atom is -0.316 e. The number of nitrogens with one attached hydrogen (secondary N) is 1. The largest absolute Gasteiger partial charge is 0.316 e. The van der Waals surface area contributed by atoms with Gasteiger partial charge in [-0.2, -0.15) is 0 Å². The van der Waals surface area contributed by atoms with E-state index in [1.165, 1.54) is 0 Å². The van der Waals surface area contributed by atoms with Gasteiger partial charge in [0.15, 0.2) is 0 Å². The molecule has 2 nitrogen and oxygen atoms in total. The molecule has 0 aliphatic rings. The quantitative estimate of drug-likeness (QED) is 0.649. The molecule has 0 fully saturated rings. The number of rotatable bonds is 5. The second kappa shape index (κ2) is 5.56. The summed E-state index contributed by atoms with van der Waals surface area (Å²) < 4.78 is 0. The number of hydrogen-bond acceptors (Lipinski definition) is 2. The van der Waals surface area contributed by atoms with E-state index >= 15 is 0 Å². The summed E-state index contributed by atoms with van der Waals surface area (Å²) in [6.07, 6.45) is 0. The van der Waals surface area contributed by atoms with E-state index in [0.29, 0.717) is 12.1 Å². The maximum absolute atomic E-state index is 3.24. The summed E-state index contributed by atoms with van der Waals surface area (Å²) in [5.41, 5.74) is 0. The Kier molecular flexibility index (Phi) is 5.51. The fraction of sp³-hybridized carbons (Fsp3) is 1.00. The fourth-order valence-corrected chi connectivity index (χ4v) is 1.15. The molecular formula is C9H22N2. The summed E-state index contributed by atoms with van der Waals surface area (Å²) in [7, 11) is 2.01. The van der Waals surface area contributed by atoms with Crippen molar-refractivity contribution in [1.82, 2.24) is 10.2 Å². The smallest absolute Gasteiger partial charge is 0.0163 e. The van der Waals surface area contributed by atoms with Crippen molar-refractivity contribution in [3.63, 3.8) is 0 Å². The molecule has 0 aromatic carbocycles. The highest BCUT2D eigenvalue weighted by atomic mass is 15.2. The zero-order chi connectivity index (χ0) is 8.85. The van der Waals surface area contributed by atoms with Gasteiger partial charge in [0.1, 0.15) is 0 Å². The molecule has 2 heteroatoms. The van der Waals surface area contributed by atoms with Crippen LogP contribution in [0.4, 0.5) is 0 Å². The molecule has 0 bridgehead atoms. The van der Waals surface area contributed by atoms with E-state index in [2.05, 4.69) is 37.9 Å². The predicted octanol–water partition coefficient (Wildman–Crippen LogP) is 1.32. The van der Waals surface area contributed by atoms with Crippen molar-refractivity contribution in [3.05, 3.63) is 0 Å². The van der Waals surface area contributed by atoms with Gasteiger partial charge >= 0.3 is 0 Å². The van der Waals surface area contributed by atoms with Crippen LogP contribution in [0.3, 0.4) is 0 Å². The van der Waals surface area contributed by atoms with E-state index in [9.17, 15) is 0 Å². The summed E-state index contributed by atoms with van der Waals surface area (Å²) in [5, 5.41) is 3.24. The van der Waals surface area contributed by atoms with Gasteiger partial charge in [0, 0.05) is 18.6 Å². The van der Waals surface area contributed by atoms with Crippen LogP contribution in [0.25, 0.3) is 0 Å². The third kappa shape index (κ3) is 4.38. The average Bonchev–Trinajstić information content (AvgIpc) is 1.99. The monoisotopic (exact) mass is 158 g/mol. The highest BCUT2D eigenvalue weighted by Gasteiger charge is 2.09. The van der Waals surface area contributed by atoms with Gasteiger partial charge in [-0.15, -0.1) is 0 Å². The first-order valence-corrected chi connectivity index (χ1v) is 4.53. The summed E-state index contributed by atoms with van der Waals surface area (Å²) in [4.78, 5) is 2.46. The Hall–Kier alpha value is -0.0800. The second-order valence-electron chi connectivity index (χ2n) is 3.37. The maximum Gasteiger partial charge on any atom is 0.0163 e. The van der Waals surface area contributed by atoms with Crippen LogP contribution in [0.1, 0.15) is 27.7 Å². The van der Waals surface area contributed by atoms with Crippen LogP contribution in [0, 0.1) is 0 Å². The Morgan fingerprint density at radius 1 is 1.27 bits per heavy atom. The van der Waals surface area contributed by atoms with Crippen LogP contribution in [0.2, 0.25) is 0 Å². The third-order valence-corrected chi connectivity index (χ3v) is 2.14. The minimum absolute atomic E-state index is 0.595. The molecule has 0 amide bonds. The first-order valence-electron chi connectivity index (χ1n) is 4.53. The third-order valence-electron chi connectivity index (χ3n) is 2.14. The van der Waals surface area contributed by atoms with Gasteiger partial charge in [-0.25, -0.2) is 0 Å². The van der Waals surface area contributed by atoms with Gasteiger partial charge < -0.3 is 5.32 Å². The van der Waals surface area contributed by atoms with E-state index in [0.717, 1.165) is 13.1 Å². The van der Waals surface area contributed by atoms with Gasteiger partial charge in [-0.3, -0.25) is 4.90 Å². The molecule has 0 aromatic rings. The lowest BCUT2D eigenvalue weighted by Gasteiger charge is -2.27. The van der Waals surface area contributed by atoms with Crippen LogP contribution in [-0.4, -0.2) is 37.1 Å². The van der Waals surface area contributed by atoms with Gasteiger partial charge in [-0.1, -0.05) is 6.92 Å². The predicted molar refractivity (Wildman–Crippen MR) is 50.9 cm³/mol. The van der Waals surface area contributed by atoms with E-state index in [-0.39, 0.29) is 0 Å². The molecule has 0 heterocycles. The van der Waals surface area contributed by atoms with Gasteiger partial charge in [0.25, 0.3) is 0 Å². The molecule has 0 aliphatic heterocycles. The Balaban J connectivity index is 3.68. The molecule has 11 heavy (non-hydrogen) atoms. The van der Waals surface area contributed by atoms with Crippen LogP contribution < -0.4 is 5.32 Å². The number of nitrogens with zero attached hydrogens (tertiary/aromatic N) is 1. The molecule has 1 N–H and O–H groups in total. The van der Waals surface area contributed by atoms with Crippen molar-refractivity contribution in [1.29, 1.82) is 0 Å². The molecule has 68 valence electrons. The molecule has 1 atom stereocenters. The molecular weight excluding hydrogens is 136 g/mol. The average molecular weight is 158 g/mol. The van der Waals surface area contributed by atoms with Crippen LogP contribution in [0.5, 0.6) is 0 Å². The van der Waals surface area contributed by atoms with Crippen molar-refractivity contribution in [3.8, 4) is 0 Å².